The van der Waals surface area contributed by atoms with Crippen molar-refractivity contribution in [1.29, 1.82) is 0 Å². The van der Waals surface area contributed by atoms with Gasteiger partial charge in [0.05, 0.1) is 0 Å². The number of hydrogen-bond acceptors (Lipinski definition) is 1. The Balaban J connectivity index is 0.00000200. The maximum absolute atomic E-state index is 4.05. The molecule has 0 saturated carbocycles. The Morgan fingerprint density at radius 1 is 0.850 bits per heavy atom. The van der Waals surface area contributed by atoms with Crippen molar-refractivity contribution in [2.75, 3.05) is 0 Å². The molecule has 2 rings (SSSR count). The number of aryl methyl sites for hydroxylation is 1. The molecule has 0 spiro atoms. The zero-order valence-corrected chi connectivity index (χ0v) is 13.7. The quantitative estimate of drug-likeness (QED) is 0.545. The summed E-state index contributed by atoms with van der Waals surface area (Å²) in [5.41, 5.74) is 2.48. The molecular formula is C17H23BrN2. The highest BCUT2D eigenvalue weighted by molar-refractivity contribution is 5.61. The Morgan fingerprint density at radius 2 is 1.45 bits per heavy atom. The first kappa shape index (κ1) is 16.8. The number of hydrogen-bond donors (Lipinski definition) is 0. The molecule has 2 nitrogen and oxygen atoms in total. The molecule has 0 fully saturated rings. The van der Waals surface area contributed by atoms with Gasteiger partial charge >= 0.3 is 0 Å². The van der Waals surface area contributed by atoms with Gasteiger partial charge in [0.15, 0.2) is 12.4 Å². The van der Waals surface area contributed by atoms with Crippen LogP contribution in [0, 0.1) is 0 Å². The summed E-state index contributed by atoms with van der Waals surface area (Å²) in [6.07, 6.45) is 14.7. The first-order valence-electron chi connectivity index (χ1n) is 7.29. The Kier molecular flexibility index (Phi) is 8.12. The summed E-state index contributed by atoms with van der Waals surface area (Å²) in [5.74, 6) is 0. The molecule has 3 heteroatoms. The van der Waals surface area contributed by atoms with Crippen LogP contribution < -0.4 is 21.5 Å². The largest absolute Gasteiger partial charge is 1.00 e. The van der Waals surface area contributed by atoms with Crippen LogP contribution in [0.4, 0.5) is 0 Å². The van der Waals surface area contributed by atoms with Gasteiger partial charge in [-0.2, -0.15) is 0 Å². The van der Waals surface area contributed by atoms with Crippen LogP contribution in [0.25, 0.3) is 11.1 Å². The molecule has 0 aliphatic rings. The molecule has 0 atom stereocenters. The van der Waals surface area contributed by atoms with Crippen LogP contribution >= 0.6 is 0 Å². The Hall–Kier alpha value is -1.22. The molecule has 2 aromatic heterocycles. The van der Waals surface area contributed by atoms with E-state index >= 15 is 0 Å². The average Bonchev–Trinajstić information content (AvgIpc) is 2.49. The lowest BCUT2D eigenvalue weighted by Gasteiger charge is -2.01. The van der Waals surface area contributed by atoms with Crippen molar-refractivity contribution in [2.24, 2.45) is 0 Å². The minimum Gasteiger partial charge on any atom is -1.00 e. The normalized spacial score (nSPS) is 10.1. The number of unbranched alkanes of at least 4 members (excludes halogenated alkanes) is 4. The van der Waals surface area contributed by atoms with Gasteiger partial charge in [0.2, 0.25) is 0 Å². The van der Waals surface area contributed by atoms with Crippen LogP contribution in [-0.4, -0.2) is 4.98 Å². The van der Waals surface area contributed by atoms with Gasteiger partial charge in [-0.05, 0) is 29.7 Å². The van der Waals surface area contributed by atoms with Gasteiger partial charge in [-0.25, -0.2) is 4.57 Å². The van der Waals surface area contributed by atoms with Gasteiger partial charge in [0.1, 0.15) is 6.54 Å². The van der Waals surface area contributed by atoms with E-state index in [-0.39, 0.29) is 17.0 Å². The summed E-state index contributed by atoms with van der Waals surface area (Å²) in [4.78, 5) is 4.05. The Bertz CT molecular complexity index is 468. The number of rotatable bonds is 7. The van der Waals surface area contributed by atoms with E-state index < -0.39 is 0 Å². The SMILES string of the molecule is CCCCCCC[n+]1ccc(-c2ccncc2)cc1.[Br-]. The smallest absolute Gasteiger partial charge is 0.169 e. The van der Waals surface area contributed by atoms with Crippen molar-refractivity contribution < 1.29 is 21.5 Å². The summed E-state index contributed by atoms with van der Waals surface area (Å²) in [6.45, 7) is 3.38. The fourth-order valence-electron chi connectivity index (χ4n) is 2.24. The summed E-state index contributed by atoms with van der Waals surface area (Å²) in [5, 5.41) is 0. The minimum atomic E-state index is 0. The van der Waals surface area contributed by atoms with E-state index in [1.165, 1.54) is 43.2 Å². The molecule has 0 N–H and O–H groups in total. The molecule has 108 valence electrons. The zero-order valence-electron chi connectivity index (χ0n) is 12.1. The monoisotopic (exact) mass is 334 g/mol. The minimum absolute atomic E-state index is 0. The van der Waals surface area contributed by atoms with Crippen molar-refractivity contribution in [1.82, 2.24) is 4.98 Å². The van der Waals surface area contributed by atoms with Gasteiger partial charge < -0.3 is 17.0 Å². The molecule has 0 bridgehead atoms. The van der Waals surface area contributed by atoms with Crippen LogP contribution in [-0.2, 0) is 6.54 Å². The highest BCUT2D eigenvalue weighted by atomic mass is 79.9. The lowest BCUT2D eigenvalue weighted by atomic mass is 10.1. The number of pyridine rings is 2. The summed E-state index contributed by atoms with van der Waals surface area (Å²) in [6, 6.07) is 8.46. The standard InChI is InChI=1S/C17H23N2.BrH/c1-2-3-4-5-6-13-19-14-9-17(10-15-19)16-7-11-18-12-8-16;/h7-12,14-15H,2-6,13H2,1H3;1H/q+1;/p-1. The third-order valence-corrected chi connectivity index (χ3v) is 3.42. The maximum Gasteiger partial charge on any atom is 0.169 e. The number of halogens is 1. The predicted molar refractivity (Wildman–Crippen MR) is 78.6 cm³/mol. The maximum atomic E-state index is 4.05. The van der Waals surface area contributed by atoms with E-state index in [0.717, 1.165) is 6.54 Å². The van der Waals surface area contributed by atoms with Crippen molar-refractivity contribution in [2.45, 2.75) is 45.6 Å². The molecule has 2 aromatic rings. The molecule has 0 aliphatic heterocycles. The topological polar surface area (TPSA) is 16.8 Å². The molecule has 0 radical (unpaired) electrons. The van der Waals surface area contributed by atoms with Gasteiger partial charge in [-0.1, -0.05) is 26.2 Å². The lowest BCUT2D eigenvalue weighted by Crippen LogP contribution is -3.00. The summed E-state index contributed by atoms with van der Waals surface area (Å²) in [7, 11) is 0. The third-order valence-electron chi connectivity index (χ3n) is 3.42. The number of aromatic nitrogens is 2. The molecule has 2 heterocycles. The van der Waals surface area contributed by atoms with E-state index in [2.05, 4.69) is 41.0 Å². The van der Waals surface area contributed by atoms with Crippen LogP contribution in [0.5, 0.6) is 0 Å². The van der Waals surface area contributed by atoms with E-state index in [4.69, 9.17) is 0 Å². The number of nitrogens with zero attached hydrogens (tertiary/aromatic N) is 2. The van der Waals surface area contributed by atoms with E-state index in [1.54, 1.807) is 0 Å². The van der Waals surface area contributed by atoms with Crippen molar-refractivity contribution in [3.05, 3.63) is 49.1 Å². The van der Waals surface area contributed by atoms with Gasteiger partial charge in [0, 0.05) is 30.9 Å². The lowest BCUT2D eigenvalue weighted by molar-refractivity contribution is -0.697. The fraction of sp³-hybridized carbons (Fsp3) is 0.412. The molecule has 0 saturated heterocycles. The predicted octanol–water partition coefficient (Wildman–Crippen LogP) is 1.01. The molecule has 0 aliphatic carbocycles. The zero-order chi connectivity index (χ0) is 13.3. The Labute approximate surface area is 132 Å². The van der Waals surface area contributed by atoms with Crippen LogP contribution in [0.2, 0.25) is 0 Å². The highest BCUT2D eigenvalue weighted by Crippen LogP contribution is 2.15. The highest BCUT2D eigenvalue weighted by Gasteiger charge is 2.02. The van der Waals surface area contributed by atoms with E-state index in [0.29, 0.717) is 0 Å². The summed E-state index contributed by atoms with van der Waals surface area (Å²) < 4.78 is 2.27. The molecular weight excluding hydrogens is 312 g/mol. The van der Waals surface area contributed by atoms with Crippen LogP contribution in [0.3, 0.4) is 0 Å². The third kappa shape index (κ3) is 5.41. The molecule has 0 aromatic carbocycles. The van der Waals surface area contributed by atoms with E-state index in [9.17, 15) is 0 Å². The second kappa shape index (κ2) is 9.65. The second-order valence-corrected chi connectivity index (χ2v) is 4.97. The van der Waals surface area contributed by atoms with Crippen LogP contribution in [0.1, 0.15) is 39.0 Å². The summed E-state index contributed by atoms with van der Waals surface area (Å²) >= 11 is 0. The average molecular weight is 335 g/mol. The first-order chi connectivity index (χ1) is 9.40. The van der Waals surface area contributed by atoms with Crippen molar-refractivity contribution >= 4 is 0 Å². The van der Waals surface area contributed by atoms with Gasteiger partial charge in [-0.3, -0.25) is 4.98 Å². The van der Waals surface area contributed by atoms with E-state index in [1.807, 2.05) is 24.5 Å². The van der Waals surface area contributed by atoms with Crippen molar-refractivity contribution in [3.8, 4) is 11.1 Å². The molecule has 0 unspecified atom stereocenters. The van der Waals surface area contributed by atoms with Crippen LogP contribution in [0.15, 0.2) is 49.1 Å². The first-order valence-corrected chi connectivity index (χ1v) is 7.29. The molecule has 0 amide bonds. The fourth-order valence-corrected chi connectivity index (χ4v) is 2.24. The Morgan fingerprint density at radius 3 is 2.10 bits per heavy atom. The van der Waals surface area contributed by atoms with Gasteiger partial charge in [-0.15, -0.1) is 0 Å². The second-order valence-electron chi connectivity index (χ2n) is 4.97. The molecule has 20 heavy (non-hydrogen) atoms. The van der Waals surface area contributed by atoms with Gasteiger partial charge in [0.25, 0.3) is 0 Å². The van der Waals surface area contributed by atoms with Crippen molar-refractivity contribution in [3.63, 3.8) is 0 Å².